The van der Waals surface area contributed by atoms with Crippen LogP contribution in [0.3, 0.4) is 0 Å². The summed E-state index contributed by atoms with van der Waals surface area (Å²) in [6.07, 6.45) is 2.44. The minimum absolute atomic E-state index is 0.251. The van der Waals surface area contributed by atoms with E-state index in [1.165, 1.54) is 18.4 Å². The third-order valence-corrected chi connectivity index (χ3v) is 5.05. The molecule has 2 aromatic rings. The van der Waals surface area contributed by atoms with Crippen LogP contribution in [0.2, 0.25) is 0 Å². The number of hydrogen-bond acceptors (Lipinski definition) is 3. The van der Waals surface area contributed by atoms with Crippen LogP contribution in [0.4, 0.5) is 0 Å². The van der Waals surface area contributed by atoms with Gasteiger partial charge in [0.2, 0.25) is 0 Å². The van der Waals surface area contributed by atoms with Gasteiger partial charge in [-0.05, 0) is 43.0 Å². The van der Waals surface area contributed by atoms with Crippen LogP contribution in [-0.4, -0.2) is 33.3 Å². The van der Waals surface area contributed by atoms with E-state index in [0.717, 1.165) is 29.6 Å². The quantitative estimate of drug-likeness (QED) is 0.554. The highest BCUT2D eigenvalue weighted by Crippen LogP contribution is 2.47. The molecule has 0 radical (unpaired) electrons. The maximum atomic E-state index is 5.57. The lowest BCUT2D eigenvalue weighted by molar-refractivity contribution is 0.310. The largest absolute Gasteiger partial charge is 0.493 e. The second-order valence-electron chi connectivity index (χ2n) is 6.84. The molecule has 2 aromatic carbocycles. The highest BCUT2D eigenvalue weighted by atomic mass is 16.5. The minimum Gasteiger partial charge on any atom is -0.493 e. The van der Waals surface area contributed by atoms with E-state index in [1.807, 2.05) is 25.1 Å². The molecular weight excluding hydrogens is 338 g/mol. The fourth-order valence-electron chi connectivity index (χ4n) is 3.27. The van der Waals surface area contributed by atoms with Gasteiger partial charge in [-0.25, -0.2) is 0 Å². The molecule has 5 heteroatoms. The van der Waals surface area contributed by atoms with E-state index in [2.05, 4.69) is 46.0 Å². The molecule has 1 aliphatic carbocycles. The molecule has 0 spiro atoms. The lowest BCUT2D eigenvalue weighted by Crippen LogP contribution is -2.40. The van der Waals surface area contributed by atoms with Crippen molar-refractivity contribution in [2.45, 2.75) is 31.7 Å². The Balaban J connectivity index is 1.55. The zero-order valence-corrected chi connectivity index (χ0v) is 16.4. The fourth-order valence-corrected chi connectivity index (χ4v) is 3.27. The second kappa shape index (κ2) is 8.80. The van der Waals surface area contributed by atoms with Gasteiger partial charge in [0.15, 0.2) is 17.5 Å². The van der Waals surface area contributed by atoms with Crippen molar-refractivity contribution in [1.29, 1.82) is 0 Å². The molecule has 0 bridgehead atoms. The van der Waals surface area contributed by atoms with Crippen molar-refractivity contribution in [2.24, 2.45) is 4.99 Å². The van der Waals surface area contributed by atoms with Gasteiger partial charge in [-0.15, -0.1) is 0 Å². The Hall–Kier alpha value is -2.69. The Bertz CT molecular complexity index is 770. The van der Waals surface area contributed by atoms with E-state index < -0.39 is 0 Å². The zero-order valence-electron chi connectivity index (χ0n) is 16.4. The van der Waals surface area contributed by atoms with Crippen LogP contribution < -0.4 is 20.1 Å². The van der Waals surface area contributed by atoms with Gasteiger partial charge in [0.25, 0.3) is 0 Å². The summed E-state index contributed by atoms with van der Waals surface area (Å²) in [5, 5.41) is 6.87. The molecule has 0 unspecified atom stereocenters. The van der Waals surface area contributed by atoms with Crippen LogP contribution in [0, 0.1) is 0 Å². The Morgan fingerprint density at radius 2 is 1.85 bits per heavy atom. The monoisotopic (exact) mass is 367 g/mol. The van der Waals surface area contributed by atoms with Crippen LogP contribution in [0.1, 0.15) is 30.9 Å². The molecule has 0 aromatic heterocycles. The minimum atomic E-state index is 0.251. The summed E-state index contributed by atoms with van der Waals surface area (Å²) >= 11 is 0. The van der Waals surface area contributed by atoms with Crippen molar-refractivity contribution >= 4 is 5.96 Å². The Morgan fingerprint density at radius 1 is 1.07 bits per heavy atom. The standard InChI is InChI=1S/C22H29N3O2/c1-4-27-19-11-10-17(14-20(19)26-3)15-24-21(23-2)25-16-22(12-13-22)18-8-6-5-7-9-18/h5-11,14H,4,12-13,15-16H2,1-3H3,(H2,23,24,25). The van der Waals surface area contributed by atoms with Gasteiger partial charge in [-0.2, -0.15) is 0 Å². The number of rotatable bonds is 8. The maximum absolute atomic E-state index is 5.57. The number of guanidine groups is 1. The molecule has 144 valence electrons. The highest BCUT2D eigenvalue weighted by Gasteiger charge is 2.43. The topological polar surface area (TPSA) is 54.9 Å². The summed E-state index contributed by atoms with van der Waals surface area (Å²) in [6.45, 7) is 4.14. The lowest BCUT2D eigenvalue weighted by Gasteiger charge is -2.19. The first-order chi connectivity index (χ1) is 13.2. The van der Waals surface area contributed by atoms with Crippen LogP contribution >= 0.6 is 0 Å². The predicted molar refractivity (Wildman–Crippen MR) is 110 cm³/mol. The van der Waals surface area contributed by atoms with Crippen molar-refractivity contribution in [2.75, 3.05) is 27.3 Å². The van der Waals surface area contributed by atoms with Crippen molar-refractivity contribution < 1.29 is 9.47 Å². The summed E-state index contributed by atoms with van der Waals surface area (Å²) in [7, 11) is 3.46. The van der Waals surface area contributed by atoms with Gasteiger partial charge in [-0.1, -0.05) is 36.4 Å². The van der Waals surface area contributed by atoms with Gasteiger partial charge in [-0.3, -0.25) is 4.99 Å². The van der Waals surface area contributed by atoms with E-state index in [-0.39, 0.29) is 5.41 Å². The van der Waals surface area contributed by atoms with E-state index in [9.17, 15) is 0 Å². The SMILES string of the molecule is CCOc1ccc(CNC(=NC)NCC2(c3ccccc3)CC2)cc1OC. The Labute approximate surface area is 161 Å². The van der Waals surface area contributed by atoms with Crippen molar-refractivity contribution in [3.05, 3.63) is 59.7 Å². The molecule has 27 heavy (non-hydrogen) atoms. The molecule has 2 N–H and O–H groups in total. The van der Waals surface area contributed by atoms with E-state index in [1.54, 1.807) is 14.2 Å². The highest BCUT2D eigenvalue weighted by molar-refractivity contribution is 5.79. The lowest BCUT2D eigenvalue weighted by atomic mass is 9.96. The first-order valence-electron chi connectivity index (χ1n) is 9.50. The third-order valence-electron chi connectivity index (χ3n) is 5.05. The maximum Gasteiger partial charge on any atom is 0.191 e. The van der Waals surface area contributed by atoms with Crippen LogP contribution in [0.25, 0.3) is 0 Å². The number of benzene rings is 2. The molecule has 1 aliphatic rings. The first-order valence-corrected chi connectivity index (χ1v) is 9.50. The normalized spacial score (nSPS) is 15.1. The molecule has 3 rings (SSSR count). The third kappa shape index (κ3) is 4.73. The summed E-state index contributed by atoms with van der Waals surface area (Å²) in [5.41, 5.74) is 2.77. The first kappa shape index (κ1) is 19.1. The van der Waals surface area contributed by atoms with Gasteiger partial charge in [0.05, 0.1) is 13.7 Å². The van der Waals surface area contributed by atoms with Crippen molar-refractivity contribution in [3.8, 4) is 11.5 Å². The van der Waals surface area contributed by atoms with E-state index in [0.29, 0.717) is 13.2 Å². The second-order valence-corrected chi connectivity index (χ2v) is 6.84. The number of nitrogens with zero attached hydrogens (tertiary/aromatic N) is 1. The molecule has 1 fully saturated rings. The van der Waals surface area contributed by atoms with Gasteiger partial charge < -0.3 is 20.1 Å². The molecule has 0 heterocycles. The molecule has 0 amide bonds. The molecule has 0 saturated heterocycles. The van der Waals surface area contributed by atoms with Crippen LogP contribution in [0.5, 0.6) is 11.5 Å². The van der Waals surface area contributed by atoms with E-state index in [4.69, 9.17) is 9.47 Å². The predicted octanol–water partition coefficient (Wildman–Crippen LogP) is 3.49. The molecule has 1 saturated carbocycles. The molecule has 5 nitrogen and oxygen atoms in total. The van der Waals surface area contributed by atoms with Gasteiger partial charge in [0.1, 0.15) is 0 Å². The number of methoxy groups -OCH3 is 1. The van der Waals surface area contributed by atoms with Crippen molar-refractivity contribution in [3.63, 3.8) is 0 Å². The number of aliphatic imine (C=N–C) groups is 1. The Kier molecular flexibility index (Phi) is 6.22. The summed E-state index contributed by atoms with van der Waals surface area (Å²) in [6, 6.07) is 16.7. The van der Waals surface area contributed by atoms with Gasteiger partial charge >= 0.3 is 0 Å². The van der Waals surface area contributed by atoms with Crippen LogP contribution in [0.15, 0.2) is 53.5 Å². The van der Waals surface area contributed by atoms with Crippen molar-refractivity contribution in [1.82, 2.24) is 10.6 Å². The Morgan fingerprint density at radius 3 is 2.48 bits per heavy atom. The summed E-state index contributed by atoms with van der Waals surface area (Å²) in [5.74, 6) is 2.33. The summed E-state index contributed by atoms with van der Waals surface area (Å²) in [4.78, 5) is 4.36. The van der Waals surface area contributed by atoms with Crippen LogP contribution in [-0.2, 0) is 12.0 Å². The molecule has 0 aliphatic heterocycles. The average molecular weight is 367 g/mol. The number of nitrogens with one attached hydrogen (secondary N) is 2. The smallest absolute Gasteiger partial charge is 0.191 e. The zero-order chi connectivity index (χ0) is 19.1. The molecule has 0 atom stereocenters. The fraction of sp³-hybridized carbons (Fsp3) is 0.409. The average Bonchev–Trinajstić information content (AvgIpc) is 3.51. The molecular formula is C22H29N3O2. The van der Waals surface area contributed by atoms with E-state index >= 15 is 0 Å². The number of hydrogen-bond donors (Lipinski definition) is 2. The summed E-state index contributed by atoms with van der Waals surface area (Å²) < 4.78 is 11.0. The number of ether oxygens (including phenoxy) is 2. The van der Waals surface area contributed by atoms with Gasteiger partial charge in [0, 0.05) is 25.6 Å².